The number of methoxy groups -OCH3 is 1. The van der Waals surface area contributed by atoms with E-state index < -0.39 is 0 Å². The van der Waals surface area contributed by atoms with Crippen molar-refractivity contribution in [2.24, 2.45) is 0 Å². The van der Waals surface area contributed by atoms with E-state index in [1.165, 1.54) is 0 Å². The van der Waals surface area contributed by atoms with Gasteiger partial charge >= 0.3 is 0 Å². The van der Waals surface area contributed by atoms with Crippen LogP contribution in [0.3, 0.4) is 0 Å². The maximum atomic E-state index is 6.12. The Labute approximate surface area is 126 Å². The summed E-state index contributed by atoms with van der Waals surface area (Å²) in [6.07, 6.45) is 1.57. The Morgan fingerprint density at radius 1 is 1.24 bits per heavy atom. The molecule has 0 bridgehead atoms. The van der Waals surface area contributed by atoms with Crippen LogP contribution in [0.15, 0.2) is 6.33 Å². The van der Waals surface area contributed by atoms with Crippen molar-refractivity contribution in [2.45, 2.75) is 45.8 Å². The van der Waals surface area contributed by atoms with Crippen LogP contribution >= 0.6 is 0 Å². The summed E-state index contributed by atoms with van der Waals surface area (Å²) in [5, 5.41) is 3.21. The van der Waals surface area contributed by atoms with E-state index in [9.17, 15) is 0 Å². The summed E-state index contributed by atoms with van der Waals surface area (Å²) >= 11 is 0. The van der Waals surface area contributed by atoms with Crippen molar-refractivity contribution in [2.75, 3.05) is 37.0 Å². The van der Waals surface area contributed by atoms with Crippen molar-refractivity contribution in [3.63, 3.8) is 0 Å². The molecule has 0 amide bonds. The minimum absolute atomic E-state index is 0.240. The molecule has 1 aliphatic heterocycles. The zero-order chi connectivity index (χ0) is 15.7. The van der Waals surface area contributed by atoms with Gasteiger partial charge in [0.2, 0.25) is 5.75 Å². The fourth-order valence-electron chi connectivity index (χ4n) is 3.01. The van der Waals surface area contributed by atoms with E-state index in [-0.39, 0.29) is 11.2 Å². The molecule has 0 saturated carbocycles. The van der Waals surface area contributed by atoms with Gasteiger partial charge in [-0.2, -0.15) is 0 Å². The van der Waals surface area contributed by atoms with Crippen molar-refractivity contribution >= 4 is 11.6 Å². The Bertz CT molecular complexity index is 486. The Morgan fingerprint density at radius 3 is 2.38 bits per heavy atom. The van der Waals surface area contributed by atoms with Crippen molar-refractivity contribution < 1.29 is 9.47 Å². The van der Waals surface area contributed by atoms with Gasteiger partial charge in [0.05, 0.1) is 18.3 Å². The summed E-state index contributed by atoms with van der Waals surface area (Å²) < 4.78 is 11.7. The Kier molecular flexibility index (Phi) is 4.27. The van der Waals surface area contributed by atoms with Crippen LogP contribution in [0.2, 0.25) is 0 Å². The van der Waals surface area contributed by atoms with E-state index >= 15 is 0 Å². The molecule has 0 unspecified atom stereocenters. The molecular formula is C15H26N4O2. The molecule has 1 N–H and O–H groups in total. The molecule has 6 nitrogen and oxygen atoms in total. The highest BCUT2D eigenvalue weighted by Crippen LogP contribution is 2.37. The molecule has 2 rings (SSSR count). The third kappa shape index (κ3) is 3.56. The van der Waals surface area contributed by atoms with E-state index in [1.807, 2.05) is 6.92 Å². The number of hydrogen-bond donors (Lipinski definition) is 1. The van der Waals surface area contributed by atoms with Gasteiger partial charge in [0.1, 0.15) is 6.33 Å². The average molecular weight is 294 g/mol. The number of morpholine rings is 1. The molecule has 21 heavy (non-hydrogen) atoms. The molecule has 0 aromatic carbocycles. The lowest BCUT2D eigenvalue weighted by molar-refractivity contribution is -0.133. The molecule has 1 fully saturated rings. The van der Waals surface area contributed by atoms with Gasteiger partial charge in [-0.1, -0.05) is 0 Å². The zero-order valence-corrected chi connectivity index (χ0v) is 13.9. The first kappa shape index (κ1) is 15.8. The number of rotatable bonds is 4. The predicted molar refractivity (Wildman–Crippen MR) is 84.2 cm³/mol. The standard InChI is InChI=1S/C15H26N4O2/c1-7-16-12-11(20-6)13(18-10-17-12)19-8-14(2,3)21-15(4,5)9-19/h10H,7-9H2,1-6H3,(H,16,17,18). The fraction of sp³-hybridized carbons (Fsp3) is 0.733. The summed E-state index contributed by atoms with van der Waals surface area (Å²) in [7, 11) is 1.65. The second kappa shape index (κ2) is 5.67. The maximum Gasteiger partial charge on any atom is 0.204 e. The summed E-state index contributed by atoms with van der Waals surface area (Å²) in [5.41, 5.74) is -0.480. The minimum atomic E-state index is -0.240. The van der Waals surface area contributed by atoms with Crippen LogP contribution in [0.4, 0.5) is 11.6 Å². The molecule has 1 aromatic rings. The molecule has 1 aliphatic rings. The Hall–Kier alpha value is -1.56. The van der Waals surface area contributed by atoms with E-state index in [0.717, 1.165) is 31.3 Å². The smallest absolute Gasteiger partial charge is 0.204 e. The van der Waals surface area contributed by atoms with Crippen LogP contribution in [0.25, 0.3) is 0 Å². The number of nitrogens with zero attached hydrogens (tertiary/aromatic N) is 3. The molecule has 1 saturated heterocycles. The summed E-state index contributed by atoms with van der Waals surface area (Å²) in [5.74, 6) is 2.23. The molecule has 1 aromatic heterocycles. The topological polar surface area (TPSA) is 59.5 Å². The van der Waals surface area contributed by atoms with Gasteiger partial charge in [0.15, 0.2) is 11.6 Å². The van der Waals surface area contributed by atoms with Crippen LogP contribution in [0.5, 0.6) is 5.75 Å². The lowest BCUT2D eigenvalue weighted by Crippen LogP contribution is -2.57. The third-order valence-electron chi connectivity index (χ3n) is 3.33. The van der Waals surface area contributed by atoms with Gasteiger partial charge in [0.25, 0.3) is 0 Å². The fourth-order valence-corrected chi connectivity index (χ4v) is 3.01. The summed E-state index contributed by atoms with van der Waals surface area (Å²) in [6, 6.07) is 0. The highest BCUT2D eigenvalue weighted by atomic mass is 16.5. The van der Waals surface area contributed by atoms with Crippen molar-refractivity contribution in [3.05, 3.63) is 6.33 Å². The first-order valence-corrected chi connectivity index (χ1v) is 7.36. The zero-order valence-electron chi connectivity index (χ0n) is 13.9. The Morgan fingerprint density at radius 2 is 1.86 bits per heavy atom. The highest BCUT2D eigenvalue weighted by Gasteiger charge is 2.39. The van der Waals surface area contributed by atoms with Crippen LogP contribution in [-0.4, -0.2) is 47.9 Å². The van der Waals surface area contributed by atoms with Crippen LogP contribution < -0.4 is 15.0 Å². The second-order valence-corrected chi connectivity index (χ2v) is 6.59. The summed E-state index contributed by atoms with van der Waals surface area (Å²) in [6.45, 7) is 12.7. The van der Waals surface area contributed by atoms with Gasteiger partial charge in [-0.05, 0) is 34.6 Å². The average Bonchev–Trinajstić information content (AvgIpc) is 2.35. The van der Waals surface area contributed by atoms with E-state index in [4.69, 9.17) is 9.47 Å². The highest BCUT2D eigenvalue weighted by molar-refractivity contribution is 5.65. The van der Waals surface area contributed by atoms with Gasteiger partial charge in [-0.25, -0.2) is 9.97 Å². The lowest BCUT2D eigenvalue weighted by atomic mass is 9.99. The van der Waals surface area contributed by atoms with Crippen LogP contribution in [0.1, 0.15) is 34.6 Å². The minimum Gasteiger partial charge on any atom is -0.490 e. The normalized spacial score (nSPS) is 20.2. The number of nitrogens with one attached hydrogen (secondary N) is 1. The van der Waals surface area contributed by atoms with Crippen molar-refractivity contribution in [1.82, 2.24) is 9.97 Å². The number of anilines is 2. The molecule has 0 aliphatic carbocycles. The van der Waals surface area contributed by atoms with E-state index in [0.29, 0.717) is 5.75 Å². The van der Waals surface area contributed by atoms with Gasteiger partial charge < -0.3 is 19.7 Å². The van der Waals surface area contributed by atoms with Crippen LogP contribution in [-0.2, 0) is 4.74 Å². The molecular weight excluding hydrogens is 268 g/mol. The van der Waals surface area contributed by atoms with E-state index in [1.54, 1.807) is 13.4 Å². The molecule has 0 atom stereocenters. The monoisotopic (exact) mass is 294 g/mol. The van der Waals surface area contributed by atoms with Crippen molar-refractivity contribution in [3.8, 4) is 5.75 Å². The maximum absolute atomic E-state index is 6.12. The molecule has 2 heterocycles. The predicted octanol–water partition coefficient (Wildman–Crippen LogP) is 2.31. The van der Waals surface area contributed by atoms with Gasteiger partial charge in [-0.15, -0.1) is 0 Å². The molecule has 6 heteroatoms. The molecule has 118 valence electrons. The first-order chi connectivity index (χ1) is 9.78. The largest absolute Gasteiger partial charge is 0.490 e. The first-order valence-electron chi connectivity index (χ1n) is 7.36. The lowest BCUT2D eigenvalue weighted by Gasteiger charge is -2.47. The van der Waals surface area contributed by atoms with Gasteiger partial charge in [0, 0.05) is 19.6 Å². The second-order valence-electron chi connectivity index (χ2n) is 6.59. The third-order valence-corrected chi connectivity index (χ3v) is 3.33. The van der Waals surface area contributed by atoms with Crippen LogP contribution in [0, 0.1) is 0 Å². The molecule has 0 spiro atoms. The van der Waals surface area contributed by atoms with Crippen molar-refractivity contribution in [1.29, 1.82) is 0 Å². The quantitative estimate of drug-likeness (QED) is 0.919. The Balaban J connectivity index is 2.38. The van der Waals surface area contributed by atoms with Gasteiger partial charge in [-0.3, -0.25) is 0 Å². The number of ether oxygens (including phenoxy) is 2. The van der Waals surface area contributed by atoms with E-state index in [2.05, 4.69) is 47.9 Å². The number of hydrogen-bond acceptors (Lipinski definition) is 6. The SMILES string of the molecule is CCNc1ncnc(N2CC(C)(C)OC(C)(C)C2)c1OC. The summed E-state index contributed by atoms with van der Waals surface area (Å²) in [4.78, 5) is 10.9. The molecule has 0 radical (unpaired) electrons. The number of aromatic nitrogens is 2.